The van der Waals surface area contributed by atoms with Crippen molar-refractivity contribution < 1.29 is 12.9 Å². The van der Waals surface area contributed by atoms with Crippen molar-refractivity contribution >= 4 is 10.0 Å². The van der Waals surface area contributed by atoms with Crippen molar-refractivity contribution in [1.82, 2.24) is 9.88 Å². The minimum absolute atomic E-state index is 0.149. The van der Waals surface area contributed by atoms with E-state index in [1.54, 1.807) is 12.5 Å². The number of rotatable bonds is 7. The van der Waals surface area contributed by atoms with Crippen LogP contribution in [0.5, 0.6) is 0 Å². The summed E-state index contributed by atoms with van der Waals surface area (Å²) in [7, 11) is -3.11. The van der Waals surface area contributed by atoms with Crippen molar-refractivity contribution in [2.24, 2.45) is 5.92 Å². The van der Waals surface area contributed by atoms with Crippen LogP contribution in [0.1, 0.15) is 25.8 Å². The molecule has 0 fully saturated rings. The second-order valence-electron chi connectivity index (χ2n) is 4.21. The highest BCUT2D eigenvalue weighted by atomic mass is 32.2. The second-order valence-corrected chi connectivity index (χ2v) is 6.06. The van der Waals surface area contributed by atoms with Gasteiger partial charge < -0.3 is 4.52 Å². The third-order valence-corrected chi connectivity index (χ3v) is 3.75. The molecule has 0 atom stereocenters. The molecule has 0 saturated heterocycles. The molecular weight excluding hydrogens is 228 g/mol. The fourth-order valence-corrected chi connectivity index (χ4v) is 2.82. The summed E-state index contributed by atoms with van der Waals surface area (Å²) in [5, 5.41) is 3.58. The predicted octanol–water partition coefficient (Wildman–Crippen LogP) is 1.18. The summed E-state index contributed by atoms with van der Waals surface area (Å²) in [6.45, 7) is 4.23. The van der Waals surface area contributed by atoms with Crippen LogP contribution in [0.25, 0.3) is 0 Å². The third kappa shape index (κ3) is 5.27. The van der Waals surface area contributed by atoms with E-state index in [9.17, 15) is 8.42 Å². The fraction of sp³-hybridized carbons (Fsp3) is 0.700. The maximum Gasteiger partial charge on any atom is 0.211 e. The van der Waals surface area contributed by atoms with Gasteiger partial charge in [0.15, 0.2) is 0 Å². The van der Waals surface area contributed by atoms with Gasteiger partial charge in [0, 0.05) is 12.1 Å². The minimum Gasteiger partial charge on any atom is -0.364 e. The van der Waals surface area contributed by atoms with Crippen LogP contribution in [0.3, 0.4) is 0 Å². The average molecular weight is 246 g/mol. The highest BCUT2D eigenvalue weighted by Crippen LogP contribution is 2.01. The Balaban J connectivity index is 2.20. The van der Waals surface area contributed by atoms with Gasteiger partial charge in [-0.05, 0) is 18.8 Å². The monoisotopic (exact) mass is 246 g/mol. The van der Waals surface area contributed by atoms with Gasteiger partial charge >= 0.3 is 0 Å². The molecule has 6 heteroatoms. The number of aryl methyl sites for hydroxylation is 1. The molecule has 0 saturated carbocycles. The second kappa shape index (κ2) is 6.00. The third-order valence-electron chi connectivity index (χ3n) is 2.00. The molecule has 0 amide bonds. The Bertz CT molecular complexity index is 384. The standard InChI is InChI=1S/C10H18N2O3S/c1-9(2)8-16(13,14)12-5-3-4-10-6-11-15-7-10/h6-7,9,12H,3-5,8H2,1-2H3. The SMILES string of the molecule is CC(C)CS(=O)(=O)NCCCc1cnoc1. The molecule has 0 aliphatic rings. The highest BCUT2D eigenvalue weighted by Gasteiger charge is 2.11. The molecule has 0 spiro atoms. The first kappa shape index (κ1) is 13.2. The Morgan fingerprint density at radius 3 is 2.81 bits per heavy atom. The number of aromatic nitrogens is 1. The summed E-state index contributed by atoms with van der Waals surface area (Å²) in [5.41, 5.74) is 0.989. The van der Waals surface area contributed by atoms with Gasteiger partial charge in [-0.25, -0.2) is 13.1 Å². The minimum atomic E-state index is -3.11. The Morgan fingerprint density at radius 2 is 2.25 bits per heavy atom. The molecule has 0 aliphatic heterocycles. The molecule has 1 heterocycles. The van der Waals surface area contributed by atoms with Crippen LogP contribution in [-0.2, 0) is 16.4 Å². The number of nitrogens with one attached hydrogen (secondary N) is 1. The zero-order valence-electron chi connectivity index (χ0n) is 9.64. The summed E-state index contributed by atoms with van der Waals surface area (Å²) in [4.78, 5) is 0. The van der Waals surface area contributed by atoms with E-state index >= 15 is 0 Å². The smallest absolute Gasteiger partial charge is 0.211 e. The number of sulfonamides is 1. The molecule has 1 aromatic rings. The van der Waals surface area contributed by atoms with Crippen molar-refractivity contribution in [3.8, 4) is 0 Å². The molecule has 1 N–H and O–H groups in total. The van der Waals surface area contributed by atoms with E-state index in [-0.39, 0.29) is 11.7 Å². The van der Waals surface area contributed by atoms with Gasteiger partial charge in [0.25, 0.3) is 0 Å². The quantitative estimate of drug-likeness (QED) is 0.733. The summed E-state index contributed by atoms with van der Waals surface area (Å²) in [6, 6.07) is 0. The molecule has 5 nitrogen and oxygen atoms in total. The largest absolute Gasteiger partial charge is 0.364 e. The first-order valence-corrected chi connectivity index (χ1v) is 7.00. The Kier molecular flexibility index (Phi) is 4.95. The summed E-state index contributed by atoms with van der Waals surface area (Å²) in [6.07, 6.45) is 4.73. The molecule has 0 bridgehead atoms. The number of hydrogen-bond acceptors (Lipinski definition) is 4. The van der Waals surface area contributed by atoms with E-state index < -0.39 is 10.0 Å². The van der Waals surface area contributed by atoms with Gasteiger partial charge in [0.05, 0.1) is 11.9 Å². The van der Waals surface area contributed by atoms with Crippen LogP contribution in [0, 0.1) is 5.92 Å². The average Bonchev–Trinajstić information content (AvgIpc) is 2.62. The van der Waals surface area contributed by atoms with Gasteiger partial charge in [-0.1, -0.05) is 19.0 Å². The number of nitrogens with zero attached hydrogens (tertiary/aromatic N) is 1. The maximum absolute atomic E-state index is 11.5. The van der Waals surface area contributed by atoms with Crippen LogP contribution in [0.2, 0.25) is 0 Å². The first-order valence-electron chi connectivity index (χ1n) is 5.35. The summed E-state index contributed by atoms with van der Waals surface area (Å²) in [5.74, 6) is 0.329. The van der Waals surface area contributed by atoms with Gasteiger partial charge in [-0.2, -0.15) is 0 Å². The van der Waals surface area contributed by atoms with Crippen molar-refractivity contribution in [3.63, 3.8) is 0 Å². The molecule has 0 aromatic carbocycles. The van der Waals surface area contributed by atoms with Crippen LogP contribution in [0.15, 0.2) is 17.0 Å². The van der Waals surface area contributed by atoms with Crippen molar-refractivity contribution in [2.45, 2.75) is 26.7 Å². The zero-order valence-corrected chi connectivity index (χ0v) is 10.5. The van der Waals surface area contributed by atoms with Crippen LogP contribution >= 0.6 is 0 Å². The van der Waals surface area contributed by atoms with Gasteiger partial charge in [0.2, 0.25) is 10.0 Å². The Labute approximate surface area is 96.3 Å². The van der Waals surface area contributed by atoms with E-state index in [0.717, 1.165) is 18.4 Å². The summed E-state index contributed by atoms with van der Waals surface area (Å²) < 4.78 is 30.2. The number of hydrogen-bond donors (Lipinski definition) is 1. The van der Waals surface area contributed by atoms with Gasteiger partial charge in [-0.15, -0.1) is 0 Å². The van der Waals surface area contributed by atoms with E-state index in [1.807, 2.05) is 13.8 Å². The molecular formula is C10H18N2O3S. The Morgan fingerprint density at radius 1 is 1.50 bits per heavy atom. The van der Waals surface area contributed by atoms with Gasteiger partial charge in [-0.3, -0.25) is 0 Å². The molecule has 0 aliphatic carbocycles. The molecule has 0 unspecified atom stereocenters. The lowest BCUT2D eigenvalue weighted by molar-refractivity contribution is 0.418. The molecule has 1 aromatic heterocycles. The van der Waals surface area contributed by atoms with Crippen molar-refractivity contribution in [2.75, 3.05) is 12.3 Å². The van der Waals surface area contributed by atoms with Crippen LogP contribution in [0.4, 0.5) is 0 Å². The van der Waals surface area contributed by atoms with Crippen molar-refractivity contribution in [1.29, 1.82) is 0 Å². The molecule has 16 heavy (non-hydrogen) atoms. The van der Waals surface area contributed by atoms with Gasteiger partial charge in [0.1, 0.15) is 6.26 Å². The lowest BCUT2D eigenvalue weighted by Crippen LogP contribution is -2.29. The van der Waals surface area contributed by atoms with E-state index in [1.165, 1.54) is 0 Å². The molecule has 1 rings (SSSR count). The zero-order chi connectivity index (χ0) is 12.0. The normalized spacial score (nSPS) is 12.2. The topological polar surface area (TPSA) is 72.2 Å². The van der Waals surface area contributed by atoms with E-state index in [4.69, 9.17) is 0 Å². The molecule has 92 valence electrons. The fourth-order valence-electron chi connectivity index (χ4n) is 1.37. The molecule has 0 radical (unpaired) electrons. The van der Waals surface area contributed by atoms with E-state index in [0.29, 0.717) is 6.54 Å². The van der Waals surface area contributed by atoms with E-state index in [2.05, 4.69) is 14.4 Å². The lowest BCUT2D eigenvalue weighted by Gasteiger charge is -2.07. The van der Waals surface area contributed by atoms with Crippen LogP contribution < -0.4 is 4.72 Å². The van der Waals surface area contributed by atoms with Crippen LogP contribution in [-0.4, -0.2) is 25.9 Å². The Hall–Kier alpha value is -0.880. The van der Waals surface area contributed by atoms with Crippen molar-refractivity contribution in [3.05, 3.63) is 18.0 Å². The predicted molar refractivity (Wildman–Crippen MR) is 61.5 cm³/mol. The lowest BCUT2D eigenvalue weighted by atomic mass is 10.2. The maximum atomic E-state index is 11.5. The summed E-state index contributed by atoms with van der Waals surface area (Å²) >= 11 is 0. The highest BCUT2D eigenvalue weighted by molar-refractivity contribution is 7.89. The first-order chi connectivity index (χ1) is 7.49.